The van der Waals surface area contributed by atoms with Crippen molar-refractivity contribution in [1.82, 2.24) is 19.9 Å². The standard InChI is InChI=1S/C11H11F2NO4.C9H8F2INO2.C9H7FINO2.C7H6BrNO2.C4H9O.K/c1-2-16-10(15)11(12,13)9-5-7-8(6-14-9)18-4-3-17-7;10-9(11,5-12)8-3-6-7(4-13-8)15-2-1-14-6;10-6(4-11)7-3-8-9(5-12-7)14-2-1-13-8;8-7-3-5-6(4-9-7)11-2-1-10-5;1-4(2,3)5;/h5-6H,2-4H2,1H3;3-4H,1-2,5H2;3-5H,1-2H2;3-4H,1-2H2;1-3H3;/q;;;;-1;+1/b;;6-4-;;;. The van der Waals surface area contributed by atoms with Gasteiger partial charge >= 0.3 is 63.3 Å². The molecular weight excluding hydrogens is 1180 g/mol. The Balaban J connectivity index is 0.000000220. The molecule has 8 heterocycles. The first-order chi connectivity index (χ1) is 29.9. The van der Waals surface area contributed by atoms with E-state index < -0.39 is 29.1 Å². The molecule has 0 saturated heterocycles. The Hall–Kier alpha value is -2.60. The molecule has 0 N–H and O–H groups in total. The van der Waals surface area contributed by atoms with Crippen LogP contribution in [0.1, 0.15) is 44.8 Å². The summed E-state index contributed by atoms with van der Waals surface area (Å²) in [6.07, 6.45) is 5.52. The van der Waals surface area contributed by atoms with Gasteiger partial charge in [0.1, 0.15) is 74.5 Å². The maximum absolute atomic E-state index is 13.7. The topological polar surface area (TPSA) is 175 Å². The van der Waals surface area contributed by atoms with Gasteiger partial charge in [-0.15, -0.1) is 5.60 Å². The summed E-state index contributed by atoms with van der Waals surface area (Å²) in [6, 6.07) is 5.58. The quantitative estimate of drug-likeness (QED) is 0.0615. The Bertz CT molecular complexity index is 2180. The molecule has 0 aromatic carbocycles. The number of carbonyl (C=O) groups is 1. The number of hydrogen-bond acceptors (Lipinski definition) is 15. The fourth-order valence-corrected chi connectivity index (χ4v) is 5.74. The van der Waals surface area contributed by atoms with Gasteiger partial charge in [-0.3, -0.25) is 9.97 Å². The fraction of sp³-hybridized carbons (Fsp3) is 0.425. The van der Waals surface area contributed by atoms with Crippen LogP contribution >= 0.6 is 61.1 Å². The van der Waals surface area contributed by atoms with Crippen molar-refractivity contribution in [2.24, 2.45) is 0 Å². The largest absolute Gasteiger partial charge is 1.00 e. The van der Waals surface area contributed by atoms with Crippen LogP contribution < -0.4 is 94.4 Å². The number of esters is 1. The molecular formula is C40H41BrF5I2KN4O11. The average molecular weight is 1220 g/mol. The van der Waals surface area contributed by atoms with Crippen molar-refractivity contribution >= 4 is 72.9 Å². The van der Waals surface area contributed by atoms with Crippen molar-refractivity contribution in [3.8, 4) is 46.0 Å². The van der Waals surface area contributed by atoms with Gasteiger partial charge in [-0.25, -0.2) is 19.2 Å². The Morgan fingerprint density at radius 2 is 1.05 bits per heavy atom. The number of ether oxygens (including phenoxy) is 9. The molecule has 0 atom stereocenters. The molecule has 0 radical (unpaired) electrons. The van der Waals surface area contributed by atoms with Crippen molar-refractivity contribution < 1.29 is 126 Å². The first kappa shape index (κ1) is 55.7. The first-order valence-corrected chi connectivity index (χ1v) is 22.3. The summed E-state index contributed by atoms with van der Waals surface area (Å²) in [5.41, 5.74) is -1.48. The van der Waals surface area contributed by atoms with Gasteiger partial charge in [0, 0.05) is 28.3 Å². The number of nitrogens with zero attached hydrogens (tertiary/aromatic N) is 4. The molecule has 0 fully saturated rings. The van der Waals surface area contributed by atoms with E-state index in [0.29, 0.717) is 69.2 Å². The van der Waals surface area contributed by atoms with Gasteiger partial charge in [0.15, 0.2) is 51.8 Å². The first-order valence-electron chi connectivity index (χ1n) is 18.7. The van der Waals surface area contributed by atoms with Gasteiger partial charge in [0.05, 0.1) is 35.8 Å². The number of pyridine rings is 4. The second-order valence-electron chi connectivity index (χ2n) is 13.5. The summed E-state index contributed by atoms with van der Waals surface area (Å²) in [4.78, 5) is 26.2. The van der Waals surface area contributed by atoms with Gasteiger partial charge in [0.2, 0.25) is 0 Å². The molecule has 4 aliphatic rings. The number of aromatic nitrogens is 4. The van der Waals surface area contributed by atoms with Crippen molar-refractivity contribution in [1.29, 1.82) is 0 Å². The number of halogens is 8. The molecule has 0 aliphatic carbocycles. The third-order valence-electron chi connectivity index (χ3n) is 7.42. The summed E-state index contributed by atoms with van der Waals surface area (Å²) in [5, 5.41) is 10.1. The molecule has 4 aromatic heterocycles. The van der Waals surface area contributed by atoms with E-state index >= 15 is 0 Å². The molecule has 0 unspecified atom stereocenters. The molecule has 4 aromatic rings. The van der Waals surface area contributed by atoms with Crippen molar-refractivity contribution in [2.45, 2.75) is 45.1 Å². The predicted octanol–water partition coefficient (Wildman–Crippen LogP) is 5.21. The number of alkyl halides is 5. The molecule has 0 spiro atoms. The minimum Gasteiger partial charge on any atom is -0.850 e. The number of carbonyl (C=O) groups excluding carboxylic acids is 1. The smallest absolute Gasteiger partial charge is 0.850 e. The van der Waals surface area contributed by atoms with Crippen LogP contribution in [0.2, 0.25) is 0 Å². The minimum atomic E-state index is -3.80. The minimum absolute atomic E-state index is 0. The van der Waals surface area contributed by atoms with Crippen molar-refractivity contribution in [3.05, 3.63) is 74.8 Å². The van der Waals surface area contributed by atoms with Gasteiger partial charge in [-0.2, -0.15) is 17.6 Å². The molecule has 0 bridgehead atoms. The van der Waals surface area contributed by atoms with Crippen LogP contribution in [0.25, 0.3) is 5.83 Å². The SMILES string of the molecule is Brc1cc2c(cn1)OCCO2.CC(C)(C)[O-].CCOC(=O)C(F)(F)c1cc2c(cn1)OCCO2.F/C(=C\I)c1cc2c(cn1)OCCO2.FC(F)(CI)c1cc2c(cn1)OCCO2.[K+]. The zero-order valence-corrected chi connectivity index (χ0v) is 44.1. The van der Waals surface area contributed by atoms with E-state index in [1.165, 1.54) is 29.5 Å². The second-order valence-corrected chi connectivity index (χ2v) is 15.7. The molecule has 64 heavy (non-hydrogen) atoms. The van der Waals surface area contributed by atoms with Gasteiger partial charge in [-0.05, 0) is 45.4 Å². The Morgan fingerprint density at radius 3 is 1.47 bits per heavy atom. The predicted molar refractivity (Wildman–Crippen MR) is 235 cm³/mol. The molecule has 344 valence electrons. The van der Waals surface area contributed by atoms with Crippen LogP contribution in [0.4, 0.5) is 22.0 Å². The van der Waals surface area contributed by atoms with Crippen LogP contribution in [0.3, 0.4) is 0 Å². The fourth-order valence-electron chi connectivity index (χ4n) is 4.72. The summed E-state index contributed by atoms with van der Waals surface area (Å²) < 4.78 is 115. The van der Waals surface area contributed by atoms with Gasteiger partial charge < -0.3 is 47.7 Å². The number of hydrogen-bond donors (Lipinski definition) is 0. The van der Waals surface area contributed by atoms with E-state index in [-0.39, 0.29) is 97.7 Å². The molecule has 24 heteroatoms. The normalized spacial score (nSPS) is 14.4. The zero-order chi connectivity index (χ0) is 46.2. The van der Waals surface area contributed by atoms with Gasteiger partial charge in [0.25, 0.3) is 5.92 Å². The van der Waals surface area contributed by atoms with Crippen molar-refractivity contribution in [3.63, 3.8) is 0 Å². The van der Waals surface area contributed by atoms with E-state index in [0.717, 1.165) is 28.4 Å². The average Bonchev–Trinajstić information content (AvgIpc) is 3.28. The Kier molecular flexibility index (Phi) is 23.2. The van der Waals surface area contributed by atoms with Crippen LogP contribution in [-0.4, -0.2) is 95.4 Å². The summed E-state index contributed by atoms with van der Waals surface area (Å²) >= 11 is 6.69. The number of rotatable bonds is 6. The zero-order valence-electron chi connectivity index (χ0n) is 35.1. The maximum atomic E-state index is 13.7. The van der Waals surface area contributed by atoms with E-state index in [9.17, 15) is 31.9 Å². The molecule has 15 nitrogen and oxygen atoms in total. The molecule has 0 amide bonds. The van der Waals surface area contributed by atoms with Crippen LogP contribution in [0.15, 0.2) is 57.7 Å². The molecule has 4 aliphatic heterocycles. The van der Waals surface area contributed by atoms with E-state index in [4.69, 9.17) is 37.9 Å². The van der Waals surface area contributed by atoms with E-state index in [2.05, 4.69) is 40.6 Å². The summed E-state index contributed by atoms with van der Waals surface area (Å²) in [7, 11) is 0. The molecule has 0 saturated carbocycles. The summed E-state index contributed by atoms with van der Waals surface area (Å²) in [6.45, 7) is 9.86. The Morgan fingerprint density at radius 1 is 0.688 bits per heavy atom. The van der Waals surface area contributed by atoms with E-state index in [1.54, 1.807) is 61.7 Å². The Labute approximate surface area is 443 Å². The number of fused-ring (bicyclic) bond motifs is 4. The maximum Gasteiger partial charge on any atom is 1.00 e. The van der Waals surface area contributed by atoms with Crippen LogP contribution in [0.5, 0.6) is 46.0 Å². The van der Waals surface area contributed by atoms with Crippen molar-refractivity contribution in [2.75, 3.05) is 63.9 Å². The molecule has 8 rings (SSSR count). The third kappa shape index (κ3) is 17.6. The van der Waals surface area contributed by atoms with E-state index in [1.807, 2.05) is 22.6 Å². The second kappa shape index (κ2) is 26.7. The monoisotopic (exact) mass is 1220 g/mol. The van der Waals surface area contributed by atoms with Crippen LogP contribution in [-0.2, 0) is 21.4 Å². The van der Waals surface area contributed by atoms with Gasteiger partial charge in [-0.1, -0.05) is 43.4 Å². The third-order valence-corrected chi connectivity index (χ3v) is 9.36. The van der Waals surface area contributed by atoms with Crippen LogP contribution in [0, 0.1) is 0 Å². The summed E-state index contributed by atoms with van der Waals surface area (Å²) in [5.74, 6) is -4.92.